The van der Waals surface area contributed by atoms with Crippen LogP contribution in [-0.4, -0.2) is 89.2 Å². The maximum atomic E-state index is 13.9. The van der Waals surface area contributed by atoms with Crippen LogP contribution in [0.4, 0.5) is 4.79 Å². The van der Waals surface area contributed by atoms with Crippen LogP contribution in [0.2, 0.25) is 0 Å². The molecule has 7 heteroatoms. The lowest BCUT2D eigenvalue weighted by molar-refractivity contribution is -0.139. The SMILES string of the molecule is CCC(C)C(=O)[C@@H]1CCCN1C(=O)CN1CC2(CCC(c3ccccc3)(N(C)C)CC2)N(CC2CCC2)C1=O. The summed E-state index contributed by atoms with van der Waals surface area (Å²) < 4.78 is 0. The van der Waals surface area contributed by atoms with Gasteiger partial charge in [-0.1, -0.05) is 50.6 Å². The second-order valence-electron chi connectivity index (χ2n) is 13.0. The van der Waals surface area contributed by atoms with Gasteiger partial charge in [0.2, 0.25) is 5.91 Å². The molecule has 7 nitrogen and oxygen atoms in total. The van der Waals surface area contributed by atoms with E-state index in [0.29, 0.717) is 19.0 Å². The van der Waals surface area contributed by atoms with Crippen molar-refractivity contribution in [3.8, 4) is 0 Å². The largest absolute Gasteiger partial charge is 0.331 e. The highest BCUT2D eigenvalue weighted by atomic mass is 16.2. The zero-order valence-electron chi connectivity index (χ0n) is 24.5. The first kappa shape index (κ1) is 28.1. The zero-order chi connectivity index (χ0) is 27.8. The first-order chi connectivity index (χ1) is 18.7. The Labute approximate surface area is 234 Å². The summed E-state index contributed by atoms with van der Waals surface area (Å²) in [7, 11) is 4.35. The minimum Gasteiger partial charge on any atom is -0.331 e. The Kier molecular flexibility index (Phi) is 8.10. The number of Topliss-reactive ketones (excluding diaryl/α,β-unsaturated/α-hetero) is 1. The van der Waals surface area contributed by atoms with Crippen LogP contribution >= 0.6 is 0 Å². The summed E-state index contributed by atoms with van der Waals surface area (Å²) in [5.41, 5.74) is 1.08. The average molecular weight is 537 g/mol. The van der Waals surface area contributed by atoms with E-state index in [1.807, 2.05) is 18.7 Å². The van der Waals surface area contributed by atoms with Crippen LogP contribution < -0.4 is 0 Å². The minimum absolute atomic E-state index is 0.0244. The predicted molar refractivity (Wildman–Crippen MR) is 153 cm³/mol. The van der Waals surface area contributed by atoms with Crippen LogP contribution in [-0.2, 0) is 15.1 Å². The number of benzene rings is 1. The van der Waals surface area contributed by atoms with E-state index in [-0.39, 0.29) is 47.3 Å². The van der Waals surface area contributed by atoms with Gasteiger partial charge in [0.1, 0.15) is 6.54 Å². The molecule has 0 radical (unpaired) electrons. The van der Waals surface area contributed by atoms with Gasteiger partial charge in [0, 0.05) is 31.1 Å². The predicted octanol–water partition coefficient (Wildman–Crippen LogP) is 4.90. The Morgan fingerprint density at radius 1 is 1.03 bits per heavy atom. The van der Waals surface area contributed by atoms with Crippen LogP contribution in [0.3, 0.4) is 0 Å². The molecule has 4 fully saturated rings. The summed E-state index contributed by atoms with van der Waals surface area (Å²) in [6.45, 7) is 6.11. The van der Waals surface area contributed by atoms with E-state index in [4.69, 9.17) is 0 Å². The van der Waals surface area contributed by atoms with Gasteiger partial charge >= 0.3 is 6.03 Å². The Bertz CT molecular complexity index is 1040. The van der Waals surface area contributed by atoms with E-state index in [1.165, 1.54) is 24.8 Å². The summed E-state index contributed by atoms with van der Waals surface area (Å²) in [4.78, 5) is 48.6. The molecular weight excluding hydrogens is 488 g/mol. The van der Waals surface area contributed by atoms with Crippen molar-refractivity contribution in [2.24, 2.45) is 11.8 Å². The number of hydrogen-bond donors (Lipinski definition) is 0. The third-order valence-corrected chi connectivity index (χ3v) is 10.7. The van der Waals surface area contributed by atoms with Crippen LogP contribution in [0.25, 0.3) is 0 Å². The molecule has 4 aliphatic rings. The second kappa shape index (κ2) is 11.2. The molecule has 2 saturated heterocycles. The molecule has 0 N–H and O–H groups in total. The van der Waals surface area contributed by atoms with Crippen molar-refractivity contribution in [2.45, 2.75) is 95.2 Å². The van der Waals surface area contributed by atoms with Gasteiger partial charge in [-0.25, -0.2) is 4.79 Å². The fourth-order valence-corrected chi connectivity index (χ4v) is 7.65. The third kappa shape index (κ3) is 5.12. The van der Waals surface area contributed by atoms with Gasteiger partial charge in [-0.15, -0.1) is 0 Å². The number of likely N-dealkylation sites (tertiary alicyclic amines) is 1. The topological polar surface area (TPSA) is 64.2 Å². The van der Waals surface area contributed by atoms with Gasteiger partial charge < -0.3 is 14.7 Å². The maximum absolute atomic E-state index is 13.9. The van der Waals surface area contributed by atoms with Crippen LogP contribution in [0.1, 0.15) is 83.6 Å². The molecule has 3 amide bonds. The van der Waals surface area contributed by atoms with Gasteiger partial charge in [0.05, 0.1) is 11.6 Å². The summed E-state index contributed by atoms with van der Waals surface area (Å²) in [6, 6.07) is 10.5. The van der Waals surface area contributed by atoms with Crippen molar-refractivity contribution in [3.63, 3.8) is 0 Å². The van der Waals surface area contributed by atoms with Crippen LogP contribution in [0, 0.1) is 11.8 Å². The molecule has 1 unspecified atom stereocenters. The third-order valence-electron chi connectivity index (χ3n) is 10.7. The molecular formula is C32H48N4O3. The van der Waals surface area contributed by atoms with Crippen LogP contribution in [0.15, 0.2) is 30.3 Å². The number of carbonyl (C=O) groups excluding carboxylic acids is 3. The second-order valence-corrected chi connectivity index (χ2v) is 13.0. The van der Waals surface area contributed by atoms with Crippen molar-refractivity contribution < 1.29 is 14.4 Å². The Balaban J connectivity index is 1.34. The van der Waals surface area contributed by atoms with Crippen molar-refractivity contribution in [1.82, 2.24) is 19.6 Å². The van der Waals surface area contributed by atoms with E-state index >= 15 is 0 Å². The quantitative estimate of drug-likeness (QED) is 0.450. The van der Waals surface area contributed by atoms with E-state index in [1.54, 1.807) is 4.90 Å². The van der Waals surface area contributed by atoms with Crippen molar-refractivity contribution >= 4 is 17.7 Å². The number of urea groups is 1. The molecule has 2 aliphatic carbocycles. The fraction of sp³-hybridized carbons (Fsp3) is 0.719. The Morgan fingerprint density at radius 2 is 1.72 bits per heavy atom. The molecule has 2 atom stereocenters. The molecule has 1 aromatic rings. The molecule has 1 aromatic carbocycles. The van der Waals surface area contributed by atoms with Gasteiger partial charge in [0.25, 0.3) is 0 Å². The Morgan fingerprint density at radius 3 is 2.31 bits per heavy atom. The summed E-state index contributed by atoms with van der Waals surface area (Å²) in [5, 5.41) is 0. The molecule has 1 spiro atoms. The van der Waals surface area contributed by atoms with E-state index in [9.17, 15) is 14.4 Å². The summed E-state index contributed by atoms with van der Waals surface area (Å²) >= 11 is 0. The zero-order valence-corrected chi connectivity index (χ0v) is 24.5. The highest BCUT2D eigenvalue weighted by Gasteiger charge is 2.55. The molecule has 2 aliphatic heterocycles. The lowest BCUT2D eigenvalue weighted by Gasteiger charge is -2.51. The van der Waals surface area contributed by atoms with E-state index in [2.05, 4.69) is 54.2 Å². The smallest absolute Gasteiger partial charge is 0.321 e. The van der Waals surface area contributed by atoms with Crippen molar-refractivity contribution in [1.29, 1.82) is 0 Å². The number of carbonyl (C=O) groups is 3. The van der Waals surface area contributed by atoms with Gasteiger partial charge in [-0.05, 0) is 83.4 Å². The molecule has 0 bridgehead atoms. The number of nitrogens with zero attached hydrogens (tertiary/aromatic N) is 4. The average Bonchev–Trinajstić information content (AvgIpc) is 3.50. The fourth-order valence-electron chi connectivity index (χ4n) is 7.65. The molecule has 214 valence electrons. The first-order valence-electron chi connectivity index (χ1n) is 15.3. The summed E-state index contributed by atoms with van der Waals surface area (Å²) in [6.07, 6.45) is 9.86. The van der Waals surface area contributed by atoms with Gasteiger partial charge in [-0.3, -0.25) is 14.5 Å². The van der Waals surface area contributed by atoms with Crippen molar-refractivity contribution in [2.75, 3.05) is 40.3 Å². The lowest BCUT2D eigenvalue weighted by Crippen LogP contribution is -2.56. The highest BCUT2D eigenvalue weighted by Crippen LogP contribution is 2.49. The monoisotopic (exact) mass is 536 g/mol. The van der Waals surface area contributed by atoms with Crippen molar-refractivity contribution in [3.05, 3.63) is 35.9 Å². The molecule has 2 heterocycles. The first-order valence-corrected chi connectivity index (χ1v) is 15.3. The maximum Gasteiger partial charge on any atom is 0.321 e. The number of amides is 3. The standard InChI is InChI=1S/C32H48N4O3/c1-5-24(2)29(38)27-15-10-20-35(27)28(37)22-34-23-31(36(30(34)39)21-25-11-9-12-25)16-18-32(19-17-31,33(3)4)26-13-7-6-8-14-26/h6-8,13-14,24-25,27H,5,9-12,15-23H2,1-4H3/t24?,27-,31?,32?/m0/s1. The molecule has 0 aromatic heterocycles. The lowest BCUT2D eigenvalue weighted by atomic mass is 9.68. The molecule has 39 heavy (non-hydrogen) atoms. The minimum atomic E-state index is -0.327. The van der Waals surface area contributed by atoms with Gasteiger partial charge in [-0.2, -0.15) is 0 Å². The number of ketones is 1. The number of rotatable bonds is 9. The van der Waals surface area contributed by atoms with Gasteiger partial charge in [0.15, 0.2) is 5.78 Å². The highest BCUT2D eigenvalue weighted by molar-refractivity contribution is 5.93. The van der Waals surface area contributed by atoms with E-state index in [0.717, 1.165) is 51.5 Å². The molecule has 2 saturated carbocycles. The van der Waals surface area contributed by atoms with E-state index < -0.39 is 0 Å². The normalized spacial score (nSPS) is 30.3. The molecule has 5 rings (SSSR count). The van der Waals surface area contributed by atoms with Crippen LogP contribution in [0.5, 0.6) is 0 Å². The summed E-state index contributed by atoms with van der Waals surface area (Å²) in [5.74, 6) is 0.646. The number of hydrogen-bond acceptors (Lipinski definition) is 4. The Hall–Kier alpha value is -2.41.